The largest absolute Gasteiger partial charge is 0.489 e. The number of thiazole rings is 1. The summed E-state index contributed by atoms with van der Waals surface area (Å²) in [7, 11) is 0. The molecule has 1 amide bonds. The Morgan fingerprint density at radius 3 is 2.55 bits per heavy atom. The van der Waals surface area contributed by atoms with Crippen LogP contribution in [0.5, 0.6) is 5.75 Å². The third kappa shape index (κ3) is 3.71. The van der Waals surface area contributed by atoms with E-state index in [1.54, 1.807) is 10.9 Å². The van der Waals surface area contributed by atoms with Crippen LogP contribution in [0.1, 0.15) is 16.1 Å². The van der Waals surface area contributed by atoms with Crippen LogP contribution in [-0.4, -0.2) is 10.9 Å². The first-order valence-corrected chi connectivity index (χ1v) is 7.72. The van der Waals surface area contributed by atoms with Crippen molar-refractivity contribution >= 4 is 22.9 Å². The van der Waals surface area contributed by atoms with Gasteiger partial charge in [0, 0.05) is 11.1 Å². The molecule has 3 rings (SSSR count). The second-order valence-electron chi connectivity index (χ2n) is 4.63. The second-order valence-corrected chi connectivity index (χ2v) is 5.35. The van der Waals surface area contributed by atoms with Gasteiger partial charge in [-0.15, -0.1) is 11.3 Å². The van der Waals surface area contributed by atoms with Crippen molar-refractivity contribution in [2.75, 3.05) is 5.32 Å². The molecular weight excluding hydrogens is 296 g/mol. The fourth-order valence-corrected chi connectivity index (χ4v) is 2.43. The van der Waals surface area contributed by atoms with Gasteiger partial charge in [-0.05, 0) is 29.8 Å². The molecule has 1 heterocycles. The molecule has 1 N–H and O–H groups in total. The number of hydrogen-bond donors (Lipinski definition) is 1. The van der Waals surface area contributed by atoms with Gasteiger partial charge in [0.1, 0.15) is 18.1 Å². The number of ether oxygens (including phenoxy) is 1. The molecule has 2 aromatic carbocycles. The summed E-state index contributed by atoms with van der Waals surface area (Å²) < 4.78 is 5.70. The Morgan fingerprint density at radius 2 is 1.86 bits per heavy atom. The molecule has 0 aliphatic carbocycles. The molecule has 0 saturated carbocycles. The van der Waals surface area contributed by atoms with Crippen LogP contribution in [0.2, 0.25) is 0 Å². The van der Waals surface area contributed by atoms with Gasteiger partial charge < -0.3 is 10.1 Å². The van der Waals surface area contributed by atoms with E-state index in [0.717, 1.165) is 11.3 Å². The number of carbonyl (C=O) groups excluding carboxylic acids is 1. The molecule has 22 heavy (non-hydrogen) atoms. The summed E-state index contributed by atoms with van der Waals surface area (Å²) in [5.41, 5.74) is 3.89. The van der Waals surface area contributed by atoms with Crippen molar-refractivity contribution in [3.63, 3.8) is 0 Å². The molecule has 1 aromatic heterocycles. The molecule has 0 fully saturated rings. The lowest BCUT2D eigenvalue weighted by atomic mass is 10.2. The van der Waals surface area contributed by atoms with Crippen LogP contribution in [0, 0.1) is 0 Å². The average Bonchev–Trinajstić information content (AvgIpc) is 3.10. The minimum atomic E-state index is -0.209. The Labute approximate surface area is 132 Å². The number of hydrogen-bond acceptors (Lipinski definition) is 4. The molecule has 3 aromatic rings. The van der Waals surface area contributed by atoms with Crippen LogP contribution in [0.4, 0.5) is 5.69 Å². The highest BCUT2D eigenvalue weighted by atomic mass is 32.1. The first-order valence-electron chi connectivity index (χ1n) is 6.77. The van der Waals surface area contributed by atoms with Crippen LogP contribution in [0.15, 0.2) is 65.5 Å². The minimum Gasteiger partial charge on any atom is -0.489 e. The van der Waals surface area contributed by atoms with E-state index in [-0.39, 0.29) is 5.91 Å². The van der Waals surface area contributed by atoms with Crippen molar-refractivity contribution in [1.29, 1.82) is 0 Å². The molecule has 0 saturated heterocycles. The zero-order chi connectivity index (χ0) is 15.2. The summed E-state index contributed by atoms with van der Waals surface area (Å²) in [5, 5.41) is 4.51. The zero-order valence-electron chi connectivity index (χ0n) is 11.7. The number of amides is 1. The average molecular weight is 310 g/mol. The summed E-state index contributed by atoms with van der Waals surface area (Å²) in [6.45, 7) is 0.519. The van der Waals surface area contributed by atoms with Gasteiger partial charge in [-0.2, -0.15) is 0 Å². The molecular formula is C17H14N2O2S. The summed E-state index contributed by atoms with van der Waals surface area (Å²) in [6.07, 6.45) is 0. The molecule has 0 spiro atoms. The number of aromatic nitrogens is 1. The van der Waals surface area contributed by atoms with Crippen LogP contribution in [0.3, 0.4) is 0 Å². The normalized spacial score (nSPS) is 10.2. The summed E-state index contributed by atoms with van der Waals surface area (Å²) in [6, 6.07) is 17.3. The van der Waals surface area contributed by atoms with Gasteiger partial charge in [0.25, 0.3) is 5.91 Å². The van der Waals surface area contributed by atoms with Gasteiger partial charge in [0.2, 0.25) is 0 Å². The maximum Gasteiger partial charge on any atom is 0.275 e. The topological polar surface area (TPSA) is 51.2 Å². The van der Waals surface area contributed by atoms with E-state index in [9.17, 15) is 4.79 Å². The molecule has 0 bridgehead atoms. The lowest BCUT2D eigenvalue weighted by Gasteiger charge is -2.08. The van der Waals surface area contributed by atoms with E-state index in [1.165, 1.54) is 11.3 Å². The van der Waals surface area contributed by atoms with Gasteiger partial charge in [-0.1, -0.05) is 30.3 Å². The number of rotatable bonds is 5. The van der Waals surface area contributed by atoms with Crippen LogP contribution < -0.4 is 10.1 Å². The number of nitrogens with one attached hydrogen (secondary N) is 1. The number of anilines is 1. The van der Waals surface area contributed by atoms with Crippen molar-refractivity contribution in [2.24, 2.45) is 0 Å². The van der Waals surface area contributed by atoms with E-state index in [4.69, 9.17) is 4.74 Å². The second kappa shape index (κ2) is 6.87. The third-order valence-corrected chi connectivity index (χ3v) is 3.61. The van der Waals surface area contributed by atoms with Gasteiger partial charge in [0.15, 0.2) is 0 Å². The Kier molecular flexibility index (Phi) is 4.46. The van der Waals surface area contributed by atoms with Crippen LogP contribution in [-0.2, 0) is 6.61 Å². The van der Waals surface area contributed by atoms with Crippen molar-refractivity contribution in [2.45, 2.75) is 6.61 Å². The predicted octanol–water partition coefficient (Wildman–Crippen LogP) is 3.97. The van der Waals surface area contributed by atoms with E-state index in [1.807, 2.05) is 54.6 Å². The molecule has 0 atom stereocenters. The number of carbonyl (C=O) groups is 1. The van der Waals surface area contributed by atoms with Crippen LogP contribution in [0.25, 0.3) is 0 Å². The van der Waals surface area contributed by atoms with E-state index < -0.39 is 0 Å². The smallest absolute Gasteiger partial charge is 0.275 e. The predicted molar refractivity (Wildman–Crippen MR) is 87.3 cm³/mol. The fourth-order valence-electron chi connectivity index (χ4n) is 1.90. The first kappa shape index (κ1) is 14.3. The Hall–Kier alpha value is -2.66. The third-order valence-electron chi connectivity index (χ3n) is 3.03. The SMILES string of the molecule is O=C(Nc1ccc(OCc2ccccc2)cc1)c1cscn1. The molecule has 0 radical (unpaired) electrons. The van der Waals surface area contributed by atoms with E-state index in [0.29, 0.717) is 18.0 Å². The number of benzene rings is 2. The molecule has 0 aliphatic heterocycles. The lowest BCUT2D eigenvalue weighted by molar-refractivity contribution is 0.102. The van der Waals surface area contributed by atoms with E-state index >= 15 is 0 Å². The maximum absolute atomic E-state index is 11.9. The molecule has 0 unspecified atom stereocenters. The Balaban J connectivity index is 1.57. The highest BCUT2D eigenvalue weighted by Gasteiger charge is 2.07. The van der Waals surface area contributed by atoms with Crippen LogP contribution >= 0.6 is 11.3 Å². The zero-order valence-corrected chi connectivity index (χ0v) is 12.5. The van der Waals surface area contributed by atoms with Crippen molar-refractivity contribution < 1.29 is 9.53 Å². The van der Waals surface area contributed by atoms with Gasteiger partial charge in [-0.3, -0.25) is 4.79 Å². The first-order chi connectivity index (χ1) is 10.8. The summed E-state index contributed by atoms with van der Waals surface area (Å²) >= 11 is 1.39. The monoisotopic (exact) mass is 310 g/mol. The standard InChI is InChI=1S/C17H14N2O2S/c20-17(16-11-22-12-18-16)19-14-6-8-15(9-7-14)21-10-13-4-2-1-3-5-13/h1-9,11-12H,10H2,(H,19,20). The molecule has 4 nitrogen and oxygen atoms in total. The molecule has 5 heteroatoms. The summed E-state index contributed by atoms with van der Waals surface area (Å²) in [5.74, 6) is 0.551. The highest BCUT2D eigenvalue weighted by molar-refractivity contribution is 7.07. The Bertz CT molecular complexity index is 725. The van der Waals surface area contributed by atoms with E-state index in [2.05, 4.69) is 10.3 Å². The van der Waals surface area contributed by atoms with Gasteiger partial charge in [0.05, 0.1) is 5.51 Å². The molecule has 110 valence electrons. The lowest BCUT2D eigenvalue weighted by Crippen LogP contribution is -2.11. The number of nitrogens with zero attached hydrogens (tertiary/aromatic N) is 1. The minimum absolute atomic E-state index is 0.209. The Morgan fingerprint density at radius 1 is 1.09 bits per heavy atom. The fraction of sp³-hybridized carbons (Fsp3) is 0.0588. The summed E-state index contributed by atoms with van der Waals surface area (Å²) in [4.78, 5) is 15.8. The highest BCUT2D eigenvalue weighted by Crippen LogP contribution is 2.17. The van der Waals surface area contributed by atoms with Gasteiger partial charge in [-0.25, -0.2) is 4.98 Å². The van der Waals surface area contributed by atoms with Crippen molar-refractivity contribution in [1.82, 2.24) is 4.98 Å². The van der Waals surface area contributed by atoms with Crippen molar-refractivity contribution in [3.8, 4) is 5.75 Å². The van der Waals surface area contributed by atoms with Gasteiger partial charge >= 0.3 is 0 Å². The maximum atomic E-state index is 11.9. The van der Waals surface area contributed by atoms with Crippen molar-refractivity contribution in [3.05, 3.63) is 76.7 Å². The quantitative estimate of drug-likeness (QED) is 0.775. The molecule has 0 aliphatic rings.